The molecule has 0 aliphatic carbocycles. The van der Waals surface area contributed by atoms with Gasteiger partial charge >= 0.3 is 23.3 Å². The first-order valence-corrected chi connectivity index (χ1v) is 12.9. The van der Waals surface area contributed by atoms with E-state index >= 15 is 0 Å². The largest absolute Gasteiger partial charge is 0.743 e. The smallest absolute Gasteiger partial charge is 0.460 e. The van der Waals surface area contributed by atoms with E-state index in [-0.39, 0.29) is 5.41 Å². The van der Waals surface area contributed by atoms with Gasteiger partial charge in [0.2, 0.25) is 0 Å². The van der Waals surface area contributed by atoms with E-state index in [0.29, 0.717) is 16.7 Å². The summed E-state index contributed by atoms with van der Waals surface area (Å²) in [4.78, 5) is 12.0. The van der Waals surface area contributed by atoms with Gasteiger partial charge in [0, 0.05) is 5.41 Å². The number of Topliss-reactive ketones (excluding diaryl/α,β-unsaturated/α-hetero) is 1. The lowest BCUT2D eigenvalue weighted by molar-refractivity contribution is -0.382. The van der Waals surface area contributed by atoms with Crippen molar-refractivity contribution in [2.24, 2.45) is 5.41 Å². The standard InChI is InChI=1S/C14H29OS.C4HF9O3S/c1-6-8-10-16(11-9-7-2)12-13(15)14(3,4)5;5-1(6,3(9,10)11)2(7,8)4(12,13)17(14,15)16/h6-12H2,1-5H3;(H,14,15,16)/q+1;/p-1. The minimum absolute atomic E-state index is 0.149. The number of hydrogen-bond donors (Lipinski definition) is 0. The minimum Gasteiger partial charge on any atom is -0.743 e. The van der Waals surface area contributed by atoms with Crippen LogP contribution in [0.2, 0.25) is 0 Å². The van der Waals surface area contributed by atoms with E-state index in [0.717, 1.165) is 5.75 Å². The average molecular weight is 545 g/mol. The van der Waals surface area contributed by atoms with Crippen LogP contribution in [0, 0.1) is 5.41 Å². The summed E-state index contributed by atoms with van der Waals surface area (Å²) in [5.74, 6) is -11.0. The minimum atomic E-state index is -7.43. The summed E-state index contributed by atoms with van der Waals surface area (Å²) >= 11 is 0. The lowest BCUT2D eigenvalue weighted by atomic mass is 9.92. The Balaban J connectivity index is 0. The monoisotopic (exact) mass is 544 g/mol. The van der Waals surface area contributed by atoms with Crippen molar-refractivity contribution in [3.63, 3.8) is 0 Å². The van der Waals surface area contributed by atoms with Crippen LogP contribution in [-0.4, -0.2) is 59.3 Å². The number of hydrogen-bond acceptors (Lipinski definition) is 4. The fourth-order valence-electron chi connectivity index (χ4n) is 1.86. The summed E-state index contributed by atoms with van der Waals surface area (Å²) in [6.07, 6.45) is -2.10. The van der Waals surface area contributed by atoms with Crippen molar-refractivity contribution in [2.45, 2.75) is 83.6 Å². The van der Waals surface area contributed by atoms with E-state index in [1.54, 1.807) is 0 Å². The Morgan fingerprint density at radius 2 is 1.15 bits per heavy atom. The van der Waals surface area contributed by atoms with E-state index in [4.69, 9.17) is 0 Å². The summed E-state index contributed by atoms with van der Waals surface area (Å²) in [7, 11) is -7.07. The van der Waals surface area contributed by atoms with Crippen LogP contribution < -0.4 is 0 Å². The molecule has 0 aromatic heterocycles. The van der Waals surface area contributed by atoms with Crippen LogP contribution >= 0.6 is 0 Å². The van der Waals surface area contributed by atoms with Crippen molar-refractivity contribution >= 4 is 26.8 Å². The zero-order valence-electron chi connectivity index (χ0n) is 18.8. The van der Waals surface area contributed by atoms with Gasteiger partial charge < -0.3 is 4.55 Å². The number of halogens is 9. The molecular formula is C18H29F9O4S2. The second-order valence-corrected chi connectivity index (χ2v) is 11.9. The molecule has 0 radical (unpaired) electrons. The lowest BCUT2D eigenvalue weighted by Crippen LogP contribution is -2.63. The summed E-state index contributed by atoms with van der Waals surface area (Å²) in [5.41, 5.74) is -0.149. The highest BCUT2D eigenvalue weighted by Gasteiger charge is 2.83. The van der Waals surface area contributed by atoms with Gasteiger partial charge in [-0.25, -0.2) is 8.42 Å². The van der Waals surface area contributed by atoms with Gasteiger partial charge in [0.25, 0.3) is 0 Å². The molecule has 4 nitrogen and oxygen atoms in total. The molecule has 0 aliphatic heterocycles. The van der Waals surface area contributed by atoms with Crippen molar-refractivity contribution in [2.75, 3.05) is 17.3 Å². The highest BCUT2D eigenvalue weighted by Crippen LogP contribution is 2.54. The molecule has 0 saturated carbocycles. The van der Waals surface area contributed by atoms with Crippen molar-refractivity contribution in [3.8, 4) is 0 Å². The predicted octanol–water partition coefficient (Wildman–Crippen LogP) is 5.78. The predicted molar refractivity (Wildman–Crippen MR) is 107 cm³/mol. The molecule has 0 rings (SSSR count). The molecule has 0 aromatic rings. The van der Waals surface area contributed by atoms with Gasteiger partial charge in [0.1, 0.15) is 11.5 Å². The van der Waals surface area contributed by atoms with Crippen molar-refractivity contribution in [1.82, 2.24) is 0 Å². The molecule has 0 fully saturated rings. The summed E-state index contributed by atoms with van der Waals surface area (Å²) in [5, 5.41) is -7.11. The molecule has 200 valence electrons. The molecule has 0 N–H and O–H groups in total. The maximum Gasteiger partial charge on any atom is 0.460 e. The van der Waals surface area contributed by atoms with Crippen LogP contribution in [-0.2, 0) is 25.8 Å². The summed E-state index contributed by atoms with van der Waals surface area (Å²) in [6, 6.07) is 0. The molecule has 0 amide bonds. The molecule has 15 heteroatoms. The van der Waals surface area contributed by atoms with Gasteiger partial charge in [0.05, 0.1) is 0 Å². The SMILES string of the molecule is CCCC[S+](CCCC)CC(=O)C(C)(C)C.O=S(=O)([O-])C(F)(F)C(F)(F)C(F)(F)C(F)(F)F. The zero-order valence-corrected chi connectivity index (χ0v) is 20.4. The van der Waals surface area contributed by atoms with E-state index < -0.39 is 33.4 Å². The van der Waals surface area contributed by atoms with Crippen molar-refractivity contribution in [3.05, 3.63) is 0 Å². The second kappa shape index (κ2) is 12.3. The van der Waals surface area contributed by atoms with Gasteiger partial charge in [-0.15, -0.1) is 0 Å². The maximum atomic E-state index is 12.2. The number of ketones is 1. The summed E-state index contributed by atoms with van der Waals surface area (Å²) in [6.45, 7) is 10.6. The fraction of sp³-hybridized carbons (Fsp3) is 0.944. The molecule has 0 aromatic carbocycles. The van der Waals surface area contributed by atoms with E-state index in [2.05, 4.69) is 13.8 Å². The molecule has 0 bridgehead atoms. The van der Waals surface area contributed by atoms with Crippen LogP contribution in [0.25, 0.3) is 0 Å². The van der Waals surface area contributed by atoms with Crippen LogP contribution in [0.5, 0.6) is 0 Å². The van der Waals surface area contributed by atoms with Gasteiger partial charge in [0.15, 0.2) is 21.7 Å². The van der Waals surface area contributed by atoms with Crippen molar-refractivity contribution < 1.29 is 57.3 Å². The van der Waals surface area contributed by atoms with Crippen LogP contribution in [0.4, 0.5) is 39.5 Å². The topological polar surface area (TPSA) is 74.3 Å². The Kier molecular flexibility index (Phi) is 12.9. The molecule has 33 heavy (non-hydrogen) atoms. The molecular weight excluding hydrogens is 515 g/mol. The zero-order chi connectivity index (χ0) is 27.1. The highest BCUT2D eigenvalue weighted by atomic mass is 32.2. The van der Waals surface area contributed by atoms with Gasteiger partial charge in [-0.05, 0) is 23.7 Å². The number of alkyl halides is 9. The number of rotatable bonds is 11. The van der Waals surface area contributed by atoms with Gasteiger partial charge in [-0.1, -0.05) is 47.5 Å². The van der Waals surface area contributed by atoms with E-state index in [1.165, 1.54) is 37.2 Å². The van der Waals surface area contributed by atoms with E-state index in [1.807, 2.05) is 20.8 Å². The first-order chi connectivity index (χ1) is 14.4. The number of carbonyl (C=O) groups is 1. The third-order valence-corrected chi connectivity index (χ3v) is 7.46. The lowest BCUT2D eigenvalue weighted by Gasteiger charge is -2.34. The Hall–Kier alpha value is -0.700. The van der Waals surface area contributed by atoms with Crippen molar-refractivity contribution in [1.29, 1.82) is 0 Å². The van der Waals surface area contributed by atoms with Gasteiger partial charge in [-0.2, -0.15) is 39.5 Å². The Bertz CT molecular complexity index is 707. The number of unbranched alkanes of at least 4 members (excludes halogenated alkanes) is 2. The molecule has 0 unspecified atom stereocenters. The molecule has 0 aliphatic rings. The first-order valence-electron chi connectivity index (χ1n) is 9.74. The molecule has 0 heterocycles. The highest BCUT2D eigenvalue weighted by molar-refractivity contribution is 7.97. The Labute approximate surface area is 190 Å². The van der Waals surface area contributed by atoms with E-state index in [9.17, 15) is 57.3 Å². The third-order valence-electron chi connectivity index (χ3n) is 4.17. The van der Waals surface area contributed by atoms with Crippen LogP contribution in [0.15, 0.2) is 0 Å². The Morgan fingerprint density at radius 1 is 0.788 bits per heavy atom. The third kappa shape index (κ3) is 9.46. The first kappa shape index (κ1) is 34.5. The quantitative estimate of drug-likeness (QED) is 0.188. The molecule has 0 saturated heterocycles. The average Bonchev–Trinajstić information content (AvgIpc) is 2.61. The van der Waals surface area contributed by atoms with Crippen LogP contribution in [0.3, 0.4) is 0 Å². The molecule has 0 spiro atoms. The fourth-order valence-corrected chi connectivity index (χ4v) is 5.00. The summed E-state index contributed by atoms with van der Waals surface area (Å²) < 4.78 is 135. The van der Waals surface area contributed by atoms with Gasteiger partial charge in [-0.3, -0.25) is 4.79 Å². The second-order valence-electron chi connectivity index (χ2n) is 8.16. The number of carbonyl (C=O) groups excluding carboxylic acids is 1. The molecule has 0 atom stereocenters. The maximum absolute atomic E-state index is 12.2. The normalized spacial score (nSPS) is 14.2. The van der Waals surface area contributed by atoms with Crippen LogP contribution in [0.1, 0.15) is 60.3 Å². The Morgan fingerprint density at radius 3 is 1.39 bits per heavy atom.